The summed E-state index contributed by atoms with van der Waals surface area (Å²) >= 11 is 0. The van der Waals surface area contributed by atoms with Crippen LogP contribution in [0.5, 0.6) is 0 Å². The zero-order valence-electron chi connectivity index (χ0n) is 21.0. The van der Waals surface area contributed by atoms with Gasteiger partial charge in [-0.05, 0) is 67.6 Å². The first-order chi connectivity index (χ1) is 14.6. The number of carbonyl (C=O) groups is 2. The Hall–Kier alpha value is -1.26. The second kappa shape index (κ2) is 12.1. The Morgan fingerprint density at radius 3 is 1.77 bits per heavy atom. The van der Waals surface area contributed by atoms with Gasteiger partial charge in [0.05, 0.1) is 0 Å². The predicted molar refractivity (Wildman–Crippen MR) is 125 cm³/mol. The number of hydrogen-bond acceptors (Lipinski definition) is 4. The van der Waals surface area contributed by atoms with E-state index in [0.29, 0.717) is 41.9 Å². The molecule has 2 aliphatic rings. The summed E-state index contributed by atoms with van der Waals surface area (Å²) in [6.45, 7) is 15.3. The molecule has 0 heterocycles. The van der Waals surface area contributed by atoms with Crippen molar-refractivity contribution in [1.29, 1.82) is 0 Å². The van der Waals surface area contributed by atoms with Gasteiger partial charge in [0.15, 0.2) is 0 Å². The zero-order valence-corrected chi connectivity index (χ0v) is 21.0. The number of amides is 1. The molecule has 7 unspecified atom stereocenters. The standard InChI is InChI=1S/C26H47NO4/c1-8-9-22(25(28)30-23-14-18(6)10-12-20(23)16(2)3)27-26(29)31-24-15-19(7)11-13-21(24)17(4)5/h16-24H,8-15H2,1-7H3,(H,27,29). The number of ether oxygens (including phenoxy) is 2. The molecule has 1 N–H and O–H groups in total. The third-order valence-electron chi connectivity index (χ3n) is 7.60. The summed E-state index contributed by atoms with van der Waals surface area (Å²) in [4.78, 5) is 25.8. The van der Waals surface area contributed by atoms with E-state index < -0.39 is 12.1 Å². The molecule has 2 fully saturated rings. The van der Waals surface area contributed by atoms with Gasteiger partial charge < -0.3 is 14.8 Å². The van der Waals surface area contributed by atoms with Gasteiger partial charge >= 0.3 is 12.1 Å². The number of rotatable bonds is 8. The maximum atomic E-state index is 13.0. The van der Waals surface area contributed by atoms with Crippen LogP contribution >= 0.6 is 0 Å². The Morgan fingerprint density at radius 1 is 0.839 bits per heavy atom. The number of carbonyl (C=O) groups excluding carboxylic acids is 2. The molecule has 180 valence electrons. The van der Waals surface area contributed by atoms with Crippen LogP contribution < -0.4 is 5.32 Å². The molecule has 2 aliphatic carbocycles. The Kier molecular flexibility index (Phi) is 10.2. The van der Waals surface area contributed by atoms with Crippen molar-refractivity contribution in [3.8, 4) is 0 Å². The third kappa shape index (κ3) is 7.68. The smallest absolute Gasteiger partial charge is 0.408 e. The van der Waals surface area contributed by atoms with Crippen LogP contribution in [-0.2, 0) is 14.3 Å². The Bertz CT molecular complexity index is 576. The maximum Gasteiger partial charge on any atom is 0.408 e. The van der Waals surface area contributed by atoms with Gasteiger partial charge in [0.25, 0.3) is 0 Å². The van der Waals surface area contributed by atoms with E-state index >= 15 is 0 Å². The first-order valence-corrected chi connectivity index (χ1v) is 12.8. The van der Waals surface area contributed by atoms with E-state index in [1.165, 1.54) is 12.8 Å². The van der Waals surface area contributed by atoms with Crippen LogP contribution in [0.25, 0.3) is 0 Å². The summed E-state index contributed by atoms with van der Waals surface area (Å²) in [7, 11) is 0. The van der Waals surface area contributed by atoms with Crippen LogP contribution in [-0.4, -0.2) is 30.3 Å². The molecule has 2 rings (SSSR count). The molecule has 5 nitrogen and oxygen atoms in total. The average Bonchev–Trinajstić information content (AvgIpc) is 2.67. The summed E-state index contributed by atoms with van der Waals surface area (Å²) in [6, 6.07) is -0.638. The monoisotopic (exact) mass is 437 g/mol. The van der Waals surface area contributed by atoms with Crippen molar-refractivity contribution in [2.75, 3.05) is 0 Å². The summed E-state index contributed by atoms with van der Waals surface area (Å²) in [5, 5.41) is 2.85. The molecule has 0 aromatic heterocycles. The van der Waals surface area contributed by atoms with Gasteiger partial charge in [-0.15, -0.1) is 0 Å². The van der Waals surface area contributed by atoms with Crippen LogP contribution in [0.1, 0.15) is 99.8 Å². The van der Waals surface area contributed by atoms with E-state index in [2.05, 4.69) is 46.9 Å². The van der Waals surface area contributed by atoms with Crippen molar-refractivity contribution < 1.29 is 19.1 Å². The molecular formula is C26H47NO4. The quantitative estimate of drug-likeness (QED) is 0.450. The van der Waals surface area contributed by atoms with Gasteiger partial charge in [-0.1, -0.05) is 67.7 Å². The number of esters is 1. The SMILES string of the molecule is CCCC(NC(=O)OC1CC(C)CCC1C(C)C)C(=O)OC1CC(C)CCC1C(C)C. The largest absolute Gasteiger partial charge is 0.461 e. The average molecular weight is 438 g/mol. The summed E-state index contributed by atoms with van der Waals surface area (Å²) in [5.74, 6) is 2.55. The fraction of sp³-hybridized carbons (Fsp3) is 0.923. The van der Waals surface area contributed by atoms with Crippen LogP contribution in [0, 0.1) is 35.5 Å². The van der Waals surface area contributed by atoms with Gasteiger partial charge in [0, 0.05) is 0 Å². The van der Waals surface area contributed by atoms with Crippen molar-refractivity contribution in [1.82, 2.24) is 5.32 Å². The second-order valence-corrected chi connectivity index (χ2v) is 11.1. The van der Waals surface area contributed by atoms with Crippen LogP contribution in [0.15, 0.2) is 0 Å². The molecule has 1 amide bonds. The molecule has 31 heavy (non-hydrogen) atoms. The topological polar surface area (TPSA) is 64.6 Å². The molecule has 7 atom stereocenters. The van der Waals surface area contributed by atoms with Crippen LogP contribution in [0.3, 0.4) is 0 Å². The van der Waals surface area contributed by atoms with Crippen molar-refractivity contribution in [2.24, 2.45) is 35.5 Å². The minimum Gasteiger partial charge on any atom is -0.461 e. The van der Waals surface area contributed by atoms with Crippen LogP contribution in [0.2, 0.25) is 0 Å². The maximum absolute atomic E-state index is 13.0. The highest BCUT2D eigenvalue weighted by atomic mass is 16.6. The number of hydrogen-bond donors (Lipinski definition) is 1. The van der Waals surface area contributed by atoms with Crippen molar-refractivity contribution >= 4 is 12.1 Å². The Balaban J connectivity index is 1.98. The predicted octanol–water partition coefficient (Wildman–Crippen LogP) is 6.35. The normalized spacial score (nSPS) is 32.5. The molecule has 0 aromatic rings. The fourth-order valence-corrected chi connectivity index (χ4v) is 5.58. The first-order valence-electron chi connectivity index (χ1n) is 12.8. The lowest BCUT2D eigenvalue weighted by Gasteiger charge is -2.38. The van der Waals surface area contributed by atoms with Crippen molar-refractivity contribution in [2.45, 2.75) is 118 Å². The molecule has 0 aromatic carbocycles. The summed E-state index contributed by atoms with van der Waals surface area (Å²) in [6.07, 6.45) is 7.13. The molecule has 0 saturated heterocycles. The van der Waals surface area contributed by atoms with Gasteiger partial charge in [-0.3, -0.25) is 0 Å². The molecule has 0 radical (unpaired) electrons. The Morgan fingerprint density at radius 2 is 1.32 bits per heavy atom. The highest BCUT2D eigenvalue weighted by Gasteiger charge is 2.37. The van der Waals surface area contributed by atoms with Gasteiger partial charge in [0.1, 0.15) is 18.2 Å². The second-order valence-electron chi connectivity index (χ2n) is 11.1. The van der Waals surface area contributed by atoms with E-state index in [-0.39, 0.29) is 18.2 Å². The lowest BCUT2D eigenvalue weighted by Crippen LogP contribution is -2.47. The molecular weight excluding hydrogens is 390 g/mol. The van der Waals surface area contributed by atoms with Gasteiger partial charge in [0.2, 0.25) is 0 Å². The fourth-order valence-electron chi connectivity index (χ4n) is 5.58. The van der Waals surface area contributed by atoms with Crippen molar-refractivity contribution in [3.63, 3.8) is 0 Å². The van der Waals surface area contributed by atoms with Crippen molar-refractivity contribution in [3.05, 3.63) is 0 Å². The van der Waals surface area contributed by atoms with Gasteiger partial charge in [-0.2, -0.15) is 0 Å². The highest BCUT2D eigenvalue weighted by Crippen LogP contribution is 2.36. The number of nitrogens with one attached hydrogen (secondary N) is 1. The highest BCUT2D eigenvalue weighted by molar-refractivity contribution is 5.81. The molecule has 0 spiro atoms. The lowest BCUT2D eigenvalue weighted by atomic mass is 9.75. The van der Waals surface area contributed by atoms with Crippen LogP contribution in [0.4, 0.5) is 4.79 Å². The first kappa shape index (κ1) is 26.0. The minimum atomic E-state index is -0.638. The summed E-state index contributed by atoms with van der Waals surface area (Å²) in [5.41, 5.74) is 0. The molecule has 0 aliphatic heterocycles. The minimum absolute atomic E-state index is 0.0575. The molecule has 5 heteroatoms. The number of alkyl carbamates (subject to hydrolysis) is 1. The van der Waals surface area contributed by atoms with E-state index in [9.17, 15) is 9.59 Å². The molecule has 0 bridgehead atoms. The van der Waals surface area contributed by atoms with E-state index in [4.69, 9.17) is 9.47 Å². The van der Waals surface area contributed by atoms with E-state index in [1.54, 1.807) is 0 Å². The van der Waals surface area contributed by atoms with Gasteiger partial charge in [-0.25, -0.2) is 9.59 Å². The lowest BCUT2D eigenvalue weighted by molar-refractivity contribution is -0.158. The Labute approximate surface area is 190 Å². The van der Waals surface area contributed by atoms with E-state index in [1.807, 2.05) is 6.92 Å². The molecule has 2 saturated carbocycles. The van der Waals surface area contributed by atoms with E-state index in [0.717, 1.165) is 32.1 Å². The zero-order chi connectivity index (χ0) is 23.1. The summed E-state index contributed by atoms with van der Waals surface area (Å²) < 4.78 is 11.9. The third-order valence-corrected chi connectivity index (χ3v) is 7.60.